The van der Waals surface area contributed by atoms with Gasteiger partial charge in [-0.1, -0.05) is 5.21 Å². The maximum atomic E-state index is 12.6. The first-order valence-corrected chi connectivity index (χ1v) is 7.12. The molecule has 23 heavy (non-hydrogen) atoms. The van der Waals surface area contributed by atoms with Crippen molar-refractivity contribution in [2.24, 2.45) is 7.05 Å². The zero-order valence-corrected chi connectivity index (χ0v) is 12.3. The summed E-state index contributed by atoms with van der Waals surface area (Å²) in [6.45, 7) is 0.876. The number of likely N-dealkylation sites (tertiary alicyclic amines) is 1. The number of hydrogen-bond donors (Lipinski definition) is 1. The number of alkyl halides is 3. The van der Waals surface area contributed by atoms with Gasteiger partial charge in [0.1, 0.15) is 0 Å². The van der Waals surface area contributed by atoms with Gasteiger partial charge in [-0.2, -0.15) is 18.3 Å². The predicted octanol–water partition coefficient (Wildman–Crippen LogP) is 1.58. The molecule has 1 amide bonds. The number of nitrogens with one attached hydrogen (secondary N) is 1. The number of aromatic amines is 1. The Bertz CT molecular complexity index is 707. The average molecular weight is 328 g/mol. The van der Waals surface area contributed by atoms with Crippen LogP contribution < -0.4 is 0 Å². The van der Waals surface area contributed by atoms with Crippen molar-refractivity contribution >= 4 is 5.91 Å². The van der Waals surface area contributed by atoms with Crippen LogP contribution in [0.3, 0.4) is 0 Å². The molecule has 0 aromatic carbocycles. The van der Waals surface area contributed by atoms with Crippen molar-refractivity contribution < 1.29 is 18.0 Å². The maximum absolute atomic E-state index is 12.6. The standard InChI is InChI=1S/C13H15F3N6O/c1-21-7-10(18-20-21)12(23)22-4-2-3-8(6-22)9-5-11(19-17-9)13(14,15)16/h5,7-8H,2-4,6H2,1H3,(H,17,19). The molecule has 0 aliphatic carbocycles. The van der Waals surface area contributed by atoms with Crippen molar-refractivity contribution in [1.29, 1.82) is 0 Å². The van der Waals surface area contributed by atoms with Crippen LogP contribution >= 0.6 is 0 Å². The van der Waals surface area contributed by atoms with E-state index < -0.39 is 11.9 Å². The van der Waals surface area contributed by atoms with Crippen LogP contribution in [0.15, 0.2) is 12.3 Å². The van der Waals surface area contributed by atoms with Crippen LogP contribution in [0.1, 0.15) is 40.6 Å². The maximum Gasteiger partial charge on any atom is 0.435 e. The van der Waals surface area contributed by atoms with E-state index in [2.05, 4.69) is 20.5 Å². The lowest BCUT2D eigenvalue weighted by Gasteiger charge is -2.31. The quantitative estimate of drug-likeness (QED) is 0.908. The second kappa shape index (κ2) is 5.67. The van der Waals surface area contributed by atoms with Gasteiger partial charge in [0.15, 0.2) is 11.4 Å². The van der Waals surface area contributed by atoms with Gasteiger partial charge in [-0.25, -0.2) is 0 Å². The Labute approximate surface area is 129 Å². The van der Waals surface area contributed by atoms with E-state index in [4.69, 9.17) is 0 Å². The summed E-state index contributed by atoms with van der Waals surface area (Å²) in [5.74, 6) is -0.466. The van der Waals surface area contributed by atoms with E-state index in [1.54, 1.807) is 11.9 Å². The van der Waals surface area contributed by atoms with E-state index in [0.717, 1.165) is 6.07 Å². The molecule has 2 aromatic rings. The molecule has 1 saturated heterocycles. The minimum absolute atomic E-state index is 0.201. The number of aryl methyl sites for hydroxylation is 1. The molecule has 1 N–H and O–H groups in total. The largest absolute Gasteiger partial charge is 0.435 e. The minimum Gasteiger partial charge on any atom is -0.337 e. The molecule has 0 bridgehead atoms. The van der Waals surface area contributed by atoms with Crippen LogP contribution in [0.25, 0.3) is 0 Å². The van der Waals surface area contributed by atoms with Crippen LogP contribution in [0, 0.1) is 0 Å². The number of piperidine rings is 1. The van der Waals surface area contributed by atoms with Gasteiger partial charge in [-0.3, -0.25) is 14.6 Å². The molecule has 0 radical (unpaired) electrons. The van der Waals surface area contributed by atoms with Gasteiger partial charge in [0.05, 0.1) is 6.20 Å². The van der Waals surface area contributed by atoms with E-state index in [0.29, 0.717) is 31.6 Å². The number of H-pyrrole nitrogens is 1. The Kier molecular flexibility index (Phi) is 3.82. The number of hydrogen-bond acceptors (Lipinski definition) is 4. The Morgan fingerprint density at radius 2 is 2.22 bits per heavy atom. The van der Waals surface area contributed by atoms with Crippen LogP contribution in [0.2, 0.25) is 0 Å². The van der Waals surface area contributed by atoms with Gasteiger partial charge in [0.25, 0.3) is 5.91 Å². The highest BCUT2D eigenvalue weighted by molar-refractivity contribution is 5.92. The fourth-order valence-electron chi connectivity index (χ4n) is 2.71. The lowest BCUT2D eigenvalue weighted by molar-refractivity contribution is -0.141. The van der Waals surface area contributed by atoms with Crippen molar-refractivity contribution in [2.45, 2.75) is 24.9 Å². The molecular formula is C13H15F3N6O. The van der Waals surface area contributed by atoms with E-state index >= 15 is 0 Å². The van der Waals surface area contributed by atoms with Crippen LogP contribution in [-0.2, 0) is 13.2 Å². The van der Waals surface area contributed by atoms with Gasteiger partial charge in [-0.05, 0) is 18.9 Å². The third-order valence-electron chi connectivity index (χ3n) is 3.86. The van der Waals surface area contributed by atoms with Crippen molar-refractivity contribution in [3.63, 3.8) is 0 Å². The summed E-state index contributed by atoms with van der Waals surface area (Å²) < 4.78 is 39.3. The molecule has 1 atom stereocenters. The SMILES string of the molecule is Cn1cc(C(=O)N2CCCC(c3cc(C(F)(F)F)n[nH]3)C2)nn1. The average Bonchev–Trinajstić information content (AvgIpc) is 3.15. The van der Waals surface area contributed by atoms with Crippen LogP contribution in [-0.4, -0.2) is 49.1 Å². The summed E-state index contributed by atoms with van der Waals surface area (Å²) in [5, 5.41) is 13.3. The minimum atomic E-state index is -4.47. The van der Waals surface area contributed by atoms with Crippen molar-refractivity contribution in [3.8, 4) is 0 Å². The summed E-state index contributed by atoms with van der Waals surface area (Å²) in [4.78, 5) is 13.9. The van der Waals surface area contributed by atoms with Gasteiger partial charge in [-0.15, -0.1) is 5.10 Å². The Morgan fingerprint density at radius 1 is 1.43 bits per heavy atom. The molecule has 1 unspecified atom stereocenters. The molecule has 3 heterocycles. The van der Waals surface area contributed by atoms with Crippen LogP contribution in [0.4, 0.5) is 13.2 Å². The number of rotatable bonds is 2. The summed E-state index contributed by atoms with van der Waals surface area (Å²) in [6.07, 6.45) is -1.55. The summed E-state index contributed by atoms with van der Waals surface area (Å²) in [7, 11) is 1.66. The Balaban J connectivity index is 1.73. The lowest BCUT2D eigenvalue weighted by Crippen LogP contribution is -2.39. The normalized spacial score (nSPS) is 19.1. The number of nitrogens with zero attached hydrogens (tertiary/aromatic N) is 5. The van der Waals surface area contributed by atoms with Crippen molar-refractivity contribution in [1.82, 2.24) is 30.1 Å². The third kappa shape index (κ3) is 3.20. The number of carbonyl (C=O) groups excluding carboxylic acids is 1. The second-order valence-electron chi connectivity index (χ2n) is 5.57. The molecular weight excluding hydrogens is 313 g/mol. The van der Waals surface area contributed by atoms with E-state index in [1.807, 2.05) is 0 Å². The number of aromatic nitrogens is 5. The van der Waals surface area contributed by atoms with E-state index in [-0.39, 0.29) is 17.5 Å². The summed E-state index contributed by atoms with van der Waals surface area (Å²) in [5.41, 5.74) is -0.312. The van der Waals surface area contributed by atoms with Crippen LogP contribution in [0.5, 0.6) is 0 Å². The van der Waals surface area contributed by atoms with E-state index in [1.165, 1.54) is 10.9 Å². The fourth-order valence-corrected chi connectivity index (χ4v) is 2.71. The molecule has 10 heteroatoms. The third-order valence-corrected chi connectivity index (χ3v) is 3.86. The fraction of sp³-hybridized carbons (Fsp3) is 0.538. The molecule has 1 fully saturated rings. The molecule has 2 aromatic heterocycles. The van der Waals surface area contributed by atoms with E-state index in [9.17, 15) is 18.0 Å². The summed E-state index contributed by atoms with van der Waals surface area (Å²) in [6, 6.07) is 1.01. The Morgan fingerprint density at radius 3 is 2.83 bits per heavy atom. The lowest BCUT2D eigenvalue weighted by atomic mass is 9.94. The first kappa shape index (κ1) is 15.5. The topological polar surface area (TPSA) is 79.7 Å². The second-order valence-corrected chi connectivity index (χ2v) is 5.57. The number of amides is 1. The predicted molar refractivity (Wildman–Crippen MR) is 72.5 cm³/mol. The molecule has 0 saturated carbocycles. The van der Waals surface area contributed by atoms with Gasteiger partial charge < -0.3 is 4.90 Å². The molecule has 7 nitrogen and oxygen atoms in total. The Hall–Kier alpha value is -2.39. The monoisotopic (exact) mass is 328 g/mol. The first-order chi connectivity index (χ1) is 10.8. The van der Waals surface area contributed by atoms with Gasteiger partial charge >= 0.3 is 6.18 Å². The zero-order chi connectivity index (χ0) is 16.6. The summed E-state index contributed by atoms with van der Waals surface area (Å²) >= 11 is 0. The highest BCUT2D eigenvalue weighted by Gasteiger charge is 2.35. The van der Waals surface area contributed by atoms with Gasteiger partial charge in [0.2, 0.25) is 0 Å². The highest BCUT2D eigenvalue weighted by Crippen LogP contribution is 2.32. The number of halogens is 3. The van der Waals surface area contributed by atoms with Crippen molar-refractivity contribution in [3.05, 3.63) is 29.3 Å². The molecule has 0 spiro atoms. The molecule has 1 aliphatic heterocycles. The molecule has 3 rings (SSSR count). The van der Waals surface area contributed by atoms with Gasteiger partial charge in [0, 0.05) is 31.7 Å². The molecule has 124 valence electrons. The number of carbonyl (C=O) groups is 1. The van der Waals surface area contributed by atoms with Crippen molar-refractivity contribution in [2.75, 3.05) is 13.1 Å². The zero-order valence-electron chi connectivity index (χ0n) is 12.3. The first-order valence-electron chi connectivity index (χ1n) is 7.12. The molecule has 1 aliphatic rings. The smallest absolute Gasteiger partial charge is 0.337 e. The highest BCUT2D eigenvalue weighted by atomic mass is 19.4.